The highest BCUT2D eigenvalue weighted by Crippen LogP contribution is 2.21. The fraction of sp³-hybridized carbons (Fsp3) is 0.571. The highest BCUT2D eigenvalue weighted by atomic mass is 35.5. The molecule has 1 N–H and O–H groups in total. The molecule has 0 aliphatic carbocycles. The first-order valence-corrected chi connectivity index (χ1v) is 7.35. The van der Waals surface area contributed by atoms with Crippen LogP contribution in [0, 0.1) is 0 Å². The zero-order chi connectivity index (χ0) is 13.0. The van der Waals surface area contributed by atoms with Crippen molar-refractivity contribution in [3.05, 3.63) is 33.8 Å². The molecule has 1 fully saturated rings. The molecule has 0 spiro atoms. The van der Waals surface area contributed by atoms with E-state index in [-0.39, 0.29) is 24.8 Å². The minimum Gasteiger partial charge on any atom is -0.311 e. The van der Waals surface area contributed by atoms with Gasteiger partial charge in [0.05, 0.1) is 0 Å². The molecule has 0 radical (unpaired) electrons. The Labute approximate surface area is 144 Å². The number of likely N-dealkylation sites (N-methyl/N-ethyl adjacent to an activating group) is 1. The monoisotopic (exact) mass is 358 g/mol. The highest BCUT2D eigenvalue weighted by molar-refractivity contribution is 6.35. The molecule has 0 bridgehead atoms. The Kier molecular flexibility index (Phi) is 10.2. The molecule has 116 valence electrons. The molecule has 2 rings (SSSR count). The first-order chi connectivity index (χ1) is 8.70. The first-order valence-electron chi connectivity index (χ1n) is 6.59. The van der Waals surface area contributed by atoms with Gasteiger partial charge >= 0.3 is 0 Å². The Balaban J connectivity index is 0.00000180. The van der Waals surface area contributed by atoms with Crippen molar-refractivity contribution in [3.63, 3.8) is 0 Å². The highest BCUT2D eigenvalue weighted by Gasteiger charge is 2.22. The topological polar surface area (TPSA) is 15.3 Å². The third-order valence-corrected chi connectivity index (χ3v) is 4.20. The number of benzene rings is 1. The van der Waals surface area contributed by atoms with Crippen LogP contribution in [0.1, 0.15) is 25.3 Å². The van der Waals surface area contributed by atoms with Gasteiger partial charge in [0.1, 0.15) is 0 Å². The molecule has 0 amide bonds. The van der Waals surface area contributed by atoms with Gasteiger partial charge in [0.2, 0.25) is 0 Å². The standard InChI is InChI=1S/C14H20Cl2N2.2ClH/c1-2-18-7-3-4-13(18)10-17-9-11-5-6-12(15)8-14(11)16;;/h5-6,8,13,17H,2-4,7,9-10H2,1H3;2*1H. The summed E-state index contributed by atoms with van der Waals surface area (Å²) in [6.45, 7) is 6.46. The van der Waals surface area contributed by atoms with Crippen LogP contribution in [-0.2, 0) is 6.54 Å². The van der Waals surface area contributed by atoms with E-state index < -0.39 is 0 Å². The number of hydrogen-bond acceptors (Lipinski definition) is 2. The van der Waals surface area contributed by atoms with E-state index in [1.54, 1.807) is 6.07 Å². The Bertz CT molecular complexity index is 401. The van der Waals surface area contributed by atoms with Gasteiger partial charge < -0.3 is 5.32 Å². The summed E-state index contributed by atoms with van der Waals surface area (Å²) < 4.78 is 0. The number of nitrogens with one attached hydrogen (secondary N) is 1. The van der Waals surface area contributed by atoms with E-state index in [1.807, 2.05) is 12.1 Å². The fourth-order valence-corrected chi connectivity index (χ4v) is 3.06. The van der Waals surface area contributed by atoms with Gasteiger partial charge in [0.15, 0.2) is 0 Å². The molecule has 20 heavy (non-hydrogen) atoms. The van der Waals surface area contributed by atoms with Crippen LogP contribution < -0.4 is 5.32 Å². The number of halogens is 4. The quantitative estimate of drug-likeness (QED) is 0.837. The molecule has 1 aromatic rings. The molecule has 1 aromatic carbocycles. The van der Waals surface area contributed by atoms with Crippen LogP contribution in [0.5, 0.6) is 0 Å². The summed E-state index contributed by atoms with van der Waals surface area (Å²) in [6.07, 6.45) is 2.62. The van der Waals surface area contributed by atoms with E-state index in [9.17, 15) is 0 Å². The van der Waals surface area contributed by atoms with Crippen LogP contribution in [0.2, 0.25) is 10.0 Å². The molecular weight excluding hydrogens is 338 g/mol. The van der Waals surface area contributed by atoms with Crippen molar-refractivity contribution < 1.29 is 0 Å². The lowest BCUT2D eigenvalue weighted by atomic mass is 10.2. The van der Waals surface area contributed by atoms with Gasteiger partial charge in [-0.25, -0.2) is 0 Å². The van der Waals surface area contributed by atoms with Gasteiger partial charge in [-0.3, -0.25) is 4.90 Å². The maximum absolute atomic E-state index is 6.15. The van der Waals surface area contributed by atoms with Crippen molar-refractivity contribution in [3.8, 4) is 0 Å². The Morgan fingerprint density at radius 1 is 1.30 bits per heavy atom. The Morgan fingerprint density at radius 2 is 2.05 bits per heavy atom. The van der Waals surface area contributed by atoms with Gasteiger partial charge in [-0.2, -0.15) is 0 Å². The number of rotatable bonds is 5. The average molecular weight is 360 g/mol. The minimum atomic E-state index is 0. The van der Waals surface area contributed by atoms with Crippen LogP contribution in [0.4, 0.5) is 0 Å². The smallest absolute Gasteiger partial charge is 0.0465 e. The summed E-state index contributed by atoms with van der Waals surface area (Å²) in [5.74, 6) is 0. The molecule has 1 atom stereocenters. The van der Waals surface area contributed by atoms with Gasteiger partial charge in [-0.05, 0) is 43.6 Å². The summed E-state index contributed by atoms with van der Waals surface area (Å²) in [5.41, 5.74) is 1.11. The van der Waals surface area contributed by atoms with E-state index >= 15 is 0 Å². The molecule has 1 aliphatic rings. The van der Waals surface area contributed by atoms with Crippen LogP contribution in [0.15, 0.2) is 18.2 Å². The molecule has 6 heteroatoms. The Hall–Kier alpha value is 0.300. The zero-order valence-corrected chi connectivity index (χ0v) is 14.7. The van der Waals surface area contributed by atoms with Crippen molar-refractivity contribution in [2.75, 3.05) is 19.6 Å². The maximum atomic E-state index is 6.15. The average Bonchev–Trinajstić information content (AvgIpc) is 2.79. The van der Waals surface area contributed by atoms with Gasteiger partial charge in [0, 0.05) is 29.2 Å². The van der Waals surface area contributed by atoms with E-state index in [4.69, 9.17) is 23.2 Å². The molecule has 1 aliphatic heterocycles. The molecule has 1 unspecified atom stereocenters. The van der Waals surface area contributed by atoms with E-state index in [0.29, 0.717) is 11.1 Å². The van der Waals surface area contributed by atoms with Gasteiger partial charge in [-0.15, -0.1) is 24.8 Å². The van der Waals surface area contributed by atoms with Crippen molar-refractivity contribution >= 4 is 48.0 Å². The number of hydrogen-bond donors (Lipinski definition) is 1. The van der Waals surface area contributed by atoms with E-state index in [2.05, 4.69) is 17.1 Å². The summed E-state index contributed by atoms with van der Waals surface area (Å²) in [7, 11) is 0. The van der Waals surface area contributed by atoms with Crippen molar-refractivity contribution in [1.29, 1.82) is 0 Å². The second-order valence-electron chi connectivity index (χ2n) is 4.79. The van der Waals surface area contributed by atoms with E-state index in [0.717, 1.165) is 30.2 Å². The third-order valence-electron chi connectivity index (χ3n) is 3.62. The van der Waals surface area contributed by atoms with Crippen LogP contribution in [-0.4, -0.2) is 30.6 Å². The number of likely N-dealkylation sites (tertiary alicyclic amines) is 1. The molecule has 1 saturated heterocycles. The number of nitrogens with zero attached hydrogens (tertiary/aromatic N) is 1. The maximum Gasteiger partial charge on any atom is 0.0465 e. The molecule has 1 heterocycles. The van der Waals surface area contributed by atoms with Gasteiger partial charge in [0.25, 0.3) is 0 Å². The molecule has 2 nitrogen and oxygen atoms in total. The lowest BCUT2D eigenvalue weighted by Crippen LogP contribution is -2.37. The third kappa shape index (κ3) is 5.59. The summed E-state index contributed by atoms with van der Waals surface area (Å²) >= 11 is 12.0. The largest absolute Gasteiger partial charge is 0.311 e. The SMILES string of the molecule is CCN1CCCC1CNCc1ccc(Cl)cc1Cl.Cl.Cl. The predicted molar refractivity (Wildman–Crippen MR) is 92.9 cm³/mol. The molecule has 0 aromatic heterocycles. The van der Waals surface area contributed by atoms with Gasteiger partial charge in [-0.1, -0.05) is 36.2 Å². The second-order valence-corrected chi connectivity index (χ2v) is 5.63. The van der Waals surface area contributed by atoms with Crippen LogP contribution in [0.3, 0.4) is 0 Å². The van der Waals surface area contributed by atoms with Crippen LogP contribution >= 0.6 is 48.0 Å². The first kappa shape index (κ1) is 20.3. The zero-order valence-electron chi connectivity index (χ0n) is 11.6. The van der Waals surface area contributed by atoms with Crippen molar-refractivity contribution in [2.45, 2.75) is 32.4 Å². The van der Waals surface area contributed by atoms with Crippen molar-refractivity contribution in [2.24, 2.45) is 0 Å². The predicted octanol–water partition coefficient (Wildman–Crippen LogP) is 4.41. The molecule has 0 saturated carbocycles. The normalized spacial score (nSPS) is 18.4. The summed E-state index contributed by atoms with van der Waals surface area (Å²) in [5, 5.41) is 4.93. The fourth-order valence-electron chi connectivity index (χ4n) is 2.58. The van der Waals surface area contributed by atoms with E-state index in [1.165, 1.54) is 19.4 Å². The van der Waals surface area contributed by atoms with Crippen molar-refractivity contribution in [1.82, 2.24) is 10.2 Å². The second kappa shape index (κ2) is 10.1. The lowest BCUT2D eigenvalue weighted by molar-refractivity contribution is 0.260. The minimum absolute atomic E-state index is 0. The lowest BCUT2D eigenvalue weighted by Gasteiger charge is -2.23. The summed E-state index contributed by atoms with van der Waals surface area (Å²) in [6, 6.07) is 6.36. The molecular formula is C14H22Cl4N2. The van der Waals surface area contributed by atoms with Crippen LogP contribution in [0.25, 0.3) is 0 Å². The summed E-state index contributed by atoms with van der Waals surface area (Å²) in [4.78, 5) is 2.54. The Morgan fingerprint density at radius 3 is 2.70 bits per heavy atom.